The summed E-state index contributed by atoms with van der Waals surface area (Å²) in [5.41, 5.74) is 4.15. The van der Waals surface area contributed by atoms with Gasteiger partial charge in [0.25, 0.3) is 5.91 Å². The van der Waals surface area contributed by atoms with Gasteiger partial charge >= 0.3 is 5.97 Å². The molecule has 1 amide bonds. The first-order valence-corrected chi connectivity index (χ1v) is 10.4. The highest BCUT2D eigenvalue weighted by Crippen LogP contribution is 2.27. The van der Waals surface area contributed by atoms with Gasteiger partial charge < -0.3 is 14.6 Å². The van der Waals surface area contributed by atoms with E-state index in [1.807, 2.05) is 67.6 Å². The van der Waals surface area contributed by atoms with Crippen LogP contribution in [-0.2, 0) is 11.3 Å². The molecular formula is C26H28N2O3. The zero-order chi connectivity index (χ0) is 22.4. The third-order valence-electron chi connectivity index (χ3n) is 5.32. The van der Waals surface area contributed by atoms with Gasteiger partial charge in [-0.15, -0.1) is 6.58 Å². The second-order valence-electron chi connectivity index (χ2n) is 7.28. The fraction of sp³-hybridized carbons (Fsp3) is 0.231. The lowest BCUT2D eigenvalue weighted by molar-refractivity contribution is 0.0513. The number of allylic oxidation sites excluding steroid dienone is 1. The molecule has 0 aliphatic heterocycles. The van der Waals surface area contributed by atoms with E-state index in [0.717, 1.165) is 11.1 Å². The lowest BCUT2D eigenvalue weighted by atomic mass is 9.98. The predicted octanol–water partition coefficient (Wildman–Crippen LogP) is 4.99. The normalized spacial score (nSPS) is 10.7. The van der Waals surface area contributed by atoms with Crippen molar-refractivity contribution in [2.45, 2.75) is 33.4 Å². The van der Waals surface area contributed by atoms with Crippen molar-refractivity contribution in [2.24, 2.45) is 0 Å². The number of carbonyl (C=O) groups excluding carboxylic acids is 2. The molecule has 5 heteroatoms. The van der Waals surface area contributed by atoms with E-state index in [1.54, 1.807) is 24.5 Å². The second-order valence-corrected chi connectivity index (χ2v) is 7.28. The molecule has 3 aromatic rings. The Balaban J connectivity index is 2.04. The quantitative estimate of drug-likeness (QED) is 0.416. The molecule has 0 radical (unpaired) electrons. The molecule has 2 aromatic carbocycles. The molecule has 1 heterocycles. The molecule has 0 saturated heterocycles. The van der Waals surface area contributed by atoms with Gasteiger partial charge in [-0.3, -0.25) is 4.79 Å². The summed E-state index contributed by atoms with van der Waals surface area (Å²) in [6.45, 7) is 9.85. The average molecular weight is 417 g/mol. The summed E-state index contributed by atoms with van der Waals surface area (Å²) in [6.07, 6.45) is 1.70. The average Bonchev–Trinajstić information content (AvgIpc) is 3.03. The SMILES string of the molecule is C=CCn1c(C)c(C(=O)NC(c2ccccc2)c2ccccc2)c(C)c1C(=O)OCC. The van der Waals surface area contributed by atoms with E-state index in [2.05, 4.69) is 11.9 Å². The topological polar surface area (TPSA) is 60.3 Å². The third kappa shape index (κ3) is 4.61. The standard InChI is InChI=1S/C26H28N2O3/c1-5-17-28-19(4)22(18(3)24(28)26(30)31-6-2)25(29)27-23(20-13-9-7-10-14-20)21-15-11-8-12-16-21/h5,7-16,23H,1,6,17H2,2-4H3,(H,27,29). The number of aromatic nitrogens is 1. The molecule has 160 valence electrons. The van der Waals surface area contributed by atoms with Crippen LogP contribution in [0.25, 0.3) is 0 Å². The van der Waals surface area contributed by atoms with Crippen molar-refractivity contribution in [3.63, 3.8) is 0 Å². The van der Waals surface area contributed by atoms with Gasteiger partial charge in [-0.2, -0.15) is 0 Å². The van der Waals surface area contributed by atoms with Gasteiger partial charge in [-0.1, -0.05) is 66.7 Å². The number of benzene rings is 2. The number of hydrogen-bond acceptors (Lipinski definition) is 3. The minimum absolute atomic E-state index is 0.235. The van der Waals surface area contributed by atoms with Crippen LogP contribution < -0.4 is 5.32 Å². The summed E-state index contributed by atoms with van der Waals surface area (Å²) in [5, 5.41) is 3.17. The fourth-order valence-electron chi connectivity index (χ4n) is 3.90. The van der Waals surface area contributed by atoms with Gasteiger partial charge in [0.1, 0.15) is 5.69 Å². The summed E-state index contributed by atoms with van der Waals surface area (Å²) in [4.78, 5) is 26.1. The van der Waals surface area contributed by atoms with Crippen molar-refractivity contribution in [1.82, 2.24) is 9.88 Å². The van der Waals surface area contributed by atoms with Crippen molar-refractivity contribution >= 4 is 11.9 Å². The maximum absolute atomic E-state index is 13.5. The molecule has 3 rings (SSSR count). The van der Waals surface area contributed by atoms with E-state index in [-0.39, 0.29) is 18.6 Å². The van der Waals surface area contributed by atoms with Crippen LogP contribution in [0.15, 0.2) is 73.3 Å². The van der Waals surface area contributed by atoms with Crippen LogP contribution in [0.1, 0.15) is 56.2 Å². The molecule has 0 bridgehead atoms. The highest BCUT2D eigenvalue weighted by Gasteiger charge is 2.28. The number of carbonyl (C=O) groups is 2. The largest absolute Gasteiger partial charge is 0.461 e. The maximum Gasteiger partial charge on any atom is 0.355 e. The van der Waals surface area contributed by atoms with Crippen LogP contribution in [-0.4, -0.2) is 23.1 Å². The Labute approximate surface area is 183 Å². The van der Waals surface area contributed by atoms with Crippen molar-refractivity contribution in [1.29, 1.82) is 0 Å². The molecule has 0 atom stereocenters. The zero-order valence-corrected chi connectivity index (χ0v) is 18.2. The smallest absolute Gasteiger partial charge is 0.355 e. The first-order chi connectivity index (χ1) is 15.0. The fourth-order valence-corrected chi connectivity index (χ4v) is 3.90. The van der Waals surface area contributed by atoms with E-state index < -0.39 is 5.97 Å². The van der Waals surface area contributed by atoms with E-state index in [0.29, 0.717) is 29.1 Å². The molecule has 0 fully saturated rings. The monoisotopic (exact) mass is 416 g/mol. The van der Waals surface area contributed by atoms with Gasteiger partial charge in [0.15, 0.2) is 0 Å². The minimum atomic E-state index is -0.438. The van der Waals surface area contributed by atoms with Crippen LogP contribution in [0.3, 0.4) is 0 Å². The number of hydrogen-bond donors (Lipinski definition) is 1. The van der Waals surface area contributed by atoms with Gasteiger partial charge in [0, 0.05) is 12.2 Å². The number of ether oxygens (including phenoxy) is 1. The highest BCUT2D eigenvalue weighted by molar-refractivity contribution is 6.01. The van der Waals surface area contributed by atoms with Crippen LogP contribution >= 0.6 is 0 Å². The number of nitrogens with zero attached hydrogens (tertiary/aromatic N) is 1. The Kier molecular flexibility index (Phi) is 7.08. The van der Waals surface area contributed by atoms with Gasteiger partial charge in [0.2, 0.25) is 0 Å². The van der Waals surface area contributed by atoms with Gasteiger partial charge in [0.05, 0.1) is 18.2 Å². The van der Waals surface area contributed by atoms with Crippen LogP contribution in [0.2, 0.25) is 0 Å². The third-order valence-corrected chi connectivity index (χ3v) is 5.32. The molecule has 0 aliphatic carbocycles. The number of rotatable bonds is 8. The number of nitrogens with one attached hydrogen (secondary N) is 1. The van der Waals surface area contributed by atoms with E-state index in [9.17, 15) is 9.59 Å². The Morgan fingerprint density at radius 2 is 1.58 bits per heavy atom. The molecule has 0 unspecified atom stereocenters. The number of esters is 1. The van der Waals surface area contributed by atoms with E-state index in [1.165, 1.54) is 0 Å². The highest BCUT2D eigenvalue weighted by atomic mass is 16.5. The zero-order valence-electron chi connectivity index (χ0n) is 18.2. The number of amides is 1. The van der Waals surface area contributed by atoms with Crippen LogP contribution in [0.5, 0.6) is 0 Å². The lowest BCUT2D eigenvalue weighted by Gasteiger charge is -2.20. The van der Waals surface area contributed by atoms with Crippen molar-refractivity contribution in [3.8, 4) is 0 Å². The summed E-state index contributed by atoms with van der Waals surface area (Å²) in [7, 11) is 0. The molecule has 31 heavy (non-hydrogen) atoms. The Morgan fingerprint density at radius 1 is 1.03 bits per heavy atom. The Hall–Kier alpha value is -3.60. The summed E-state index contributed by atoms with van der Waals surface area (Å²) < 4.78 is 7.02. The van der Waals surface area contributed by atoms with Crippen molar-refractivity contribution in [3.05, 3.63) is 107 Å². The summed E-state index contributed by atoms with van der Waals surface area (Å²) in [5.74, 6) is -0.673. The molecule has 0 aliphatic rings. The minimum Gasteiger partial charge on any atom is -0.461 e. The maximum atomic E-state index is 13.5. The summed E-state index contributed by atoms with van der Waals surface area (Å²) >= 11 is 0. The van der Waals surface area contributed by atoms with E-state index in [4.69, 9.17) is 4.74 Å². The molecule has 1 aromatic heterocycles. The predicted molar refractivity (Wildman–Crippen MR) is 122 cm³/mol. The van der Waals surface area contributed by atoms with Crippen molar-refractivity contribution < 1.29 is 14.3 Å². The van der Waals surface area contributed by atoms with Crippen LogP contribution in [0.4, 0.5) is 0 Å². The molecule has 5 nitrogen and oxygen atoms in total. The Bertz CT molecular complexity index is 1030. The Morgan fingerprint density at radius 3 is 2.06 bits per heavy atom. The molecule has 0 saturated carbocycles. The first kappa shape index (κ1) is 22.1. The molecule has 1 N–H and O–H groups in total. The second kappa shape index (κ2) is 9.94. The van der Waals surface area contributed by atoms with Crippen LogP contribution in [0, 0.1) is 13.8 Å². The first-order valence-electron chi connectivity index (χ1n) is 10.4. The van der Waals surface area contributed by atoms with Crippen molar-refractivity contribution in [2.75, 3.05) is 6.61 Å². The molecular weight excluding hydrogens is 388 g/mol. The van der Waals surface area contributed by atoms with E-state index >= 15 is 0 Å². The summed E-state index contributed by atoms with van der Waals surface area (Å²) in [6, 6.07) is 19.3. The lowest BCUT2D eigenvalue weighted by Crippen LogP contribution is -2.30. The van der Waals surface area contributed by atoms with Gasteiger partial charge in [-0.05, 0) is 37.5 Å². The van der Waals surface area contributed by atoms with Gasteiger partial charge in [-0.25, -0.2) is 4.79 Å². The molecule has 0 spiro atoms.